The minimum atomic E-state index is -0.523. The summed E-state index contributed by atoms with van der Waals surface area (Å²) in [4.78, 5) is 24.8. The first-order chi connectivity index (χ1) is 12.1. The molecule has 25 heavy (non-hydrogen) atoms. The summed E-state index contributed by atoms with van der Waals surface area (Å²) in [5.41, 5.74) is 8.50. The Bertz CT molecular complexity index is 884. The summed E-state index contributed by atoms with van der Waals surface area (Å²) >= 11 is 0. The highest BCUT2D eigenvalue weighted by Gasteiger charge is 2.31. The van der Waals surface area contributed by atoms with Crippen molar-refractivity contribution in [1.29, 1.82) is 0 Å². The van der Waals surface area contributed by atoms with E-state index in [1.807, 2.05) is 0 Å². The molecule has 0 radical (unpaired) electrons. The summed E-state index contributed by atoms with van der Waals surface area (Å²) < 4.78 is 19.7. The van der Waals surface area contributed by atoms with Crippen LogP contribution in [-0.4, -0.2) is 31.2 Å². The number of rotatable bonds is 3. The van der Waals surface area contributed by atoms with E-state index in [4.69, 9.17) is 10.5 Å². The molecule has 128 valence electrons. The van der Waals surface area contributed by atoms with Gasteiger partial charge >= 0.3 is 6.09 Å². The predicted molar refractivity (Wildman–Crippen MR) is 89.7 cm³/mol. The molecule has 2 aliphatic rings. The van der Waals surface area contributed by atoms with Gasteiger partial charge in [-0.25, -0.2) is 9.18 Å². The average molecular weight is 341 g/mol. The van der Waals surface area contributed by atoms with E-state index in [0.29, 0.717) is 35.5 Å². The first-order valence-electron chi connectivity index (χ1n) is 7.96. The van der Waals surface area contributed by atoms with Gasteiger partial charge in [-0.1, -0.05) is 6.07 Å². The van der Waals surface area contributed by atoms with Crippen molar-refractivity contribution in [3.05, 3.63) is 53.3 Å². The summed E-state index contributed by atoms with van der Waals surface area (Å²) in [6.07, 6.45) is -0.901. The number of nitrogens with one attached hydrogen (secondary N) is 1. The molecular weight excluding hydrogens is 325 g/mol. The van der Waals surface area contributed by atoms with E-state index in [9.17, 15) is 14.0 Å². The molecule has 2 heterocycles. The van der Waals surface area contributed by atoms with Gasteiger partial charge in [-0.2, -0.15) is 0 Å². The summed E-state index contributed by atoms with van der Waals surface area (Å²) in [6.45, 7) is 0.979. The molecule has 0 unspecified atom stereocenters. The number of amides is 2. The number of nitrogens with zero attached hydrogens (tertiary/aromatic N) is 1. The number of fused-ring (bicyclic) bond motifs is 1. The number of hydrogen-bond donors (Lipinski definition) is 2. The van der Waals surface area contributed by atoms with E-state index in [-0.39, 0.29) is 18.6 Å². The number of ether oxygens (including phenoxy) is 1. The highest BCUT2D eigenvalue weighted by Crippen LogP contribution is 2.31. The van der Waals surface area contributed by atoms with Gasteiger partial charge in [0.15, 0.2) is 0 Å². The smallest absolute Gasteiger partial charge is 0.414 e. The number of hydrogen-bond acceptors (Lipinski definition) is 4. The van der Waals surface area contributed by atoms with Crippen LogP contribution in [0.1, 0.15) is 15.9 Å². The molecule has 3 N–H and O–H groups in total. The Labute approximate surface area is 143 Å². The van der Waals surface area contributed by atoms with Crippen molar-refractivity contribution in [3.63, 3.8) is 0 Å². The van der Waals surface area contributed by atoms with E-state index < -0.39 is 11.9 Å². The normalized spacial score (nSPS) is 19.0. The molecule has 2 aromatic rings. The van der Waals surface area contributed by atoms with Crippen molar-refractivity contribution in [2.24, 2.45) is 5.73 Å². The predicted octanol–water partition coefficient (Wildman–Crippen LogP) is 2.02. The summed E-state index contributed by atoms with van der Waals surface area (Å²) in [5.74, 6) is -0.557. The maximum absolute atomic E-state index is 14.6. The molecule has 0 aliphatic carbocycles. The fourth-order valence-corrected chi connectivity index (χ4v) is 3.16. The Kier molecular flexibility index (Phi) is 3.65. The minimum Gasteiger partial charge on any atom is -0.443 e. The van der Waals surface area contributed by atoms with Crippen molar-refractivity contribution in [2.45, 2.75) is 12.6 Å². The highest BCUT2D eigenvalue weighted by molar-refractivity contribution is 5.99. The molecule has 1 fully saturated rings. The third-order valence-corrected chi connectivity index (χ3v) is 4.50. The van der Waals surface area contributed by atoms with E-state index in [0.717, 1.165) is 5.56 Å². The van der Waals surface area contributed by atoms with Crippen LogP contribution < -0.4 is 16.0 Å². The maximum Gasteiger partial charge on any atom is 0.414 e. The maximum atomic E-state index is 14.6. The van der Waals surface area contributed by atoms with Gasteiger partial charge < -0.3 is 15.8 Å². The zero-order valence-corrected chi connectivity index (χ0v) is 13.3. The Morgan fingerprint density at radius 2 is 2.00 bits per heavy atom. The average Bonchev–Trinajstić information content (AvgIpc) is 3.17. The highest BCUT2D eigenvalue weighted by atomic mass is 19.1. The first-order valence-corrected chi connectivity index (χ1v) is 7.96. The molecule has 1 atom stereocenters. The second-order valence-electron chi connectivity index (χ2n) is 6.07. The zero-order chi connectivity index (χ0) is 17.6. The van der Waals surface area contributed by atoms with Gasteiger partial charge in [-0.05, 0) is 41.5 Å². The topological polar surface area (TPSA) is 84.7 Å². The summed E-state index contributed by atoms with van der Waals surface area (Å²) in [6, 6.07) is 9.83. The SMILES string of the molecule is NC[C@H]1CN(c2ccc(-c3ccc4c(c3)CNC4=O)c(F)c2)C(=O)O1. The van der Waals surface area contributed by atoms with Crippen molar-refractivity contribution < 1.29 is 18.7 Å². The molecule has 0 saturated carbocycles. The molecule has 7 heteroatoms. The molecule has 6 nitrogen and oxygen atoms in total. The Balaban J connectivity index is 1.65. The van der Waals surface area contributed by atoms with Crippen LogP contribution in [0.5, 0.6) is 0 Å². The van der Waals surface area contributed by atoms with E-state index in [2.05, 4.69) is 5.32 Å². The fourth-order valence-electron chi connectivity index (χ4n) is 3.16. The number of nitrogens with two attached hydrogens (primary N) is 1. The summed E-state index contributed by atoms with van der Waals surface area (Å²) in [5, 5.41) is 2.74. The fraction of sp³-hybridized carbons (Fsp3) is 0.222. The third kappa shape index (κ3) is 2.62. The lowest BCUT2D eigenvalue weighted by Gasteiger charge is -2.14. The minimum absolute atomic E-state index is 0.112. The molecule has 2 aliphatic heterocycles. The van der Waals surface area contributed by atoms with Gasteiger partial charge in [0, 0.05) is 24.2 Å². The molecule has 1 saturated heterocycles. The molecule has 0 bridgehead atoms. The number of benzene rings is 2. The lowest BCUT2D eigenvalue weighted by atomic mass is 9.99. The monoisotopic (exact) mass is 341 g/mol. The largest absolute Gasteiger partial charge is 0.443 e. The molecule has 2 amide bonds. The van der Waals surface area contributed by atoms with Gasteiger partial charge in [0.2, 0.25) is 0 Å². The number of carbonyl (C=O) groups excluding carboxylic acids is 2. The van der Waals surface area contributed by atoms with Crippen molar-refractivity contribution in [2.75, 3.05) is 18.0 Å². The van der Waals surface area contributed by atoms with Gasteiger partial charge in [-0.15, -0.1) is 0 Å². The number of halogens is 1. The molecule has 0 spiro atoms. The number of carbonyl (C=O) groups is 2. The van der Waals surface area contributed by atoms with Crippen LogP contribution in [0.3, 0.4) is 0 Å². The second-order valence-corrected chi connectivity index (χ2v) is 6.07. The van der Waals surface area contributed by atoms with Gasteiger partial charge in [0.1, 0.15) is 11.9 Å². The van der Waals surface area contributed by atoms with Gasteiger partial charge in [-0.3, -0.25) is 9.69 Å². The van der Waals surface area contributed by atoms with E-state index in [1.165, 1.54) is 11.0 Å². The molecule has 2 aromatic carbocycles. The van der Waals surface area contributed by atoms with Crippen LogP contribution in [0, 0.1) is 5.82 Å². The molecule has 0 aromatic heterocycles. The molecular formula is C18H16FN3O3. The lowest BCUT2D eigenvalue weighted by molar-refractivity contribution is 0.0965. The van der Waals surface area contributed by atoms with Crippen LogP contribution in [-0.2, 0) is 11.3 Å². The summed E-state index contributed by atoms with van der Waals surface area (Å²) in [7, 11) is 0. The Morgan fingerprint density at radius 3 is 2.72 bits per heavy atom. The number of anilines is 1. The number of cyclic esters (lactones) is 1. The standard InChI is InChI=1S/C18H16FN3O3/c19-16-6-12(22-9-13(7-20)25-18(22)24)2-4-14(16)10-1-3-15-11(5-10)8-21-17(15)23/h1-6,13H,7-9,20H2,(H,21,23)/t13-/m0/s1. The van der Waals surface area contributed by atoms with Crippen molar-refractivity contribution >= 4 is 17.7 Å². The Hall–Kier alpha value is -2.93. The van der Waals surface area contributed by atoms with Crippen LogP contribution in [0.2, 0.25) is 0 Å². The first kappa shape index (κ1) is 15.6. The third-order valence-electron chi connectivity index (χ3n) is 4.50. The van der Waals surface area contributed by atoms with Crippen molar-refractivity contribution in [1.82, 2.24) is 5.32 Å². The van der Waals surface area contributed by atoms with E-state index in [1.54, 1.807) is 30.3 Å². The molecule has 4 rings (SSSR count). The van der Waals surface area contributed by atoms with Gasteiger partial charge in [0.05, 0.1) is 12.2 Å². The zero-order valence-electron chi connectivity index (χ0n) is 13.3. The van der Waals surface area contributed by atoms with E-state index >= 15 is 0 Å². The van der Waals surface area contributed by atoms with Gasteiger partial charge in [0.25, 0.3) is 5.91 Å². The van der Waals surface area contributed by atoms with Crippen molar-refractivity contribution in [3.8, 4) is 11.1 Å². The van der Waals surface area contributed by atoms with Crippen LogP contribution in [0.4, 0.5) is 14.9 Å². The quantitative estimate of drug-likeness (QED) is 0.894. The second kappa shape index (κ2) is 5.86. The lowest BCUT2D eigenvalue weighted by Crippen LogP contribution is -2.27. The Morgan fingerprint density at radius 1 is 1.20 bits per heavy atom. The van der Waals surface area contributed by atoms with Crippen LogP contribution in [0.15, 0.2) is 36.4 Å². The van der Waals surface area contributed by atoms with Crippen LogP contribution in [0.25, 0.3) is 11.1 Å². The van der Waals surface area contributed by atoms with Crippen LogP contribution >= 0.6 is 0 Å².